The van der Waals surface area contributed by atoms with Crippen LogP contribution < -0.4 is 10.0 Å². The minimum absolute atomic E-state index is 0.0822. The van der Waals surface area contributed by atoms with Gasteiger partial charge in [-0.25, -0.2) is 8.42 Å². The van der Waals surface area contributed by atoms with Gasteiger partial charge in [0, 0.05) is 6.54 Å². The molecule has 0 saturated heterocycles. The van der Waals surface area contributed by atoms with Gasteiger partial charge in [-0.2, -0.15) is 4.72 Å². The lowest BCUT2D eigenvalue weighted by atomic mass is 10.1. The van der Waals surface area contributed by atoms with Gasteiger partial charge in [0.25, 0.3) is 5.91 Å². The minimum atomic E-state index is -3.90. The standard InChI is InChI=1S/C19H30N2O5S/c1-12(2)10-20-17(22)11-26-19(23)18(13(3)4)21-27(24,25)16-8-7-14(5)15(6)9-16/h7-9,12-13,18,21H,10-11H2,1-6H3,(H,20,22)/t18-/m0/s1. The van der Waals surface area contributed by atoms with Gasteiger partial charge in [-0.15, -0.1) is 0 Å². The van der Waals surface area contributed by atoms with E-state index in [2.05, 4.69) is 10.0 Å². The molecule has 0 saturated carbocycles. The topological polar surface area (TPSA) is 102 Å². The van der Waals surface area contributed by atoms with E-state index in [1.54, 1.807) is 26.0 Å². The summed E-state index contributed by atoms with van der Waals surface area (Å²) in [7, 11) is -3.90. The Morgan fingerprint density at radius 1 is 1.07 bits per heavy atom. The number of nitrogens with one attached hydrogen (secondary N) is 2. The minimum Gasteiger partial charge on any atom is -0.454 e. The highest BCUT2D eigenvalue weighted by Gasteiger charge is 2.30. The van der Waals surface area contributed by atoms with Gasteiger partial charge < -0.3 is 10.1 Å². The van der Waals surface area contributed by atoms with Gasteiger partial charge in [-0.05, 0) is 48.9 Å². The summed E-state index contributed by atoms with van der Waals surface area (Å²) >= 11 is 0. The van der Waals surface area contributed by atoms with Crippen LogP contribution in [0.5, 0.6) is 0 Å². The van der Waals surface area contributed by atoms with Crippen LogP contribution in [0.4, 0.5) is 0 Å². The van der Waals surface area contributed by atoms with Crippen LogP contribution in [0.1, 0.15) is 38.8 Å². The third-order valence-electron chi connectivity index (χ3n) is 4.04. The Kier molecular flexibility index (Phi) is 8.43. The highest BCUT2D eigenvalue weighted by molar-refractivity contribution is 7.89. The fraction of sp³-hybridized carbons (Fsp3) is 0.579. The molecule has 0 fully saturated rings. The Balaban J connectivity index is 2.81. The molecule has 152 valence electrons. The molecule has 7 nitrogen and oxygen atoms in total. The van der Waals surface area contributed by atoms with Gasteiger partial charge in [0.05, 0.1) is 4.90 Å². The monoisotopic (exact) mass is 398 g/mol. The van der Waals surface area contributed by atoms with Crippen LogP contribution in [0, 0.1) is 25.7 Å². The van der Waals surface area contributed by atoms with Gasteiger partial charge in [-0.3, -0.25) is 9.59 Å². The Morgan fingerprint density at radius 3 is 2.22 bits per heavy atom. The third-order valence-corrected chi connectivity index (χ3v) is 5.48. The largest absolute Gasteiger partial charge is 0.454 e. The highest BCUT2D eigenvalue weighted by atomic mass is 32.2. The molecule has 0 aliphatic rings. The Labute approximate surface area is 161 Å². The van der Waals surface area contributed by atoms with E-state index in [-0.39, 0.29) is 16.7 Å². The summed E-state index contributed by atoms with van der Waals surface area (Å²) in [4.78, 5) is 24.1. The number of sulfonamides is 1. The number of esters is 1. The molecule has 0 heterocycles. The van der Waals surface area contributed by atoms with E-state index in [1.807, 2.05) is 27.7 Å². The van der Waals surface area contributed by atoms with Crippen molar-refractivity contribution >= 4 is 21.9 Å². The van der Waals surface area contributed by atoms with Gasteiger partial charge >= 0.3 is 5.97 Å². The summed E-state index contributed by atoms with van der Waals surface area (Å²) in [6.07, 6.45) is 0. The maximum Gasteiger partial charge on any atom is 0.324 e. The molecule has 8 heteroatoms. The first-order chi connectivity index (χ1) is 12.4. The Hall–Kier alpha value is -1.93. The maximum absolute atomic E-state index is 12.6. The lowest BCUT2D eigenvalue weighted by molar-refractivity contribution is -0.151. The van der Waals surface area contributed by atoms with Crippen molar-refractivity contribution in [2.24, 2.45) is 11.8 Å². The van der Waals surface area contributed by atoms with E-state index in [0.29, 0.717) is 6.54 Å². The molecule has 0 aromatic heterocycles. The number of aryl methyl sites for hydroxylation is 2. The molecule has 0 spiro atoms. The van der Waals surface area contributed by atoms with Crippen molar-refractivity contribution in [1.82, 2.24) is 10.0 Å². The summed E-state index contributed by atoms with van der Waals surface area (Å²) in [6, 6.07) is 3.67. The highest BCUT2D eigenvalue weighted by Crippen LogP contribution is 2.16. The van der Waals surface area contributed by atoms with Crippen molar-refractivity contribution in [2.45, 2.75) is 52.5 Å². The zero-order chi connectivity index (χ0) is 20.8. The predicted molar refractivity (Wildman–Crippen MR) is 104 cm³/mol. The van der Waals surface area contributed by atoms with Crippen molar-refractivity contribution in [1.29, 1.82) is 0 Å². The van der Waals surface area contributed by atoms with Crippen LogP contribution in [0.3, 0.4) is 0 Å². The fourth-order valence-corrected chi connectivity index (χ4v) is 3.59. The van der Waals surface area contributed by atoms with Crippen molar-refractivity contribution in [3.63, 3.8) is 0 Å². The Morgan fingerprint density at radius 2 is 1.70 bits per heavy atom. The van der Waals surface area contributed by atoms with Crippen LogP contribution in [-0.4, -0.2) is 39.5 Å². The second-order valence-corrected chi connectivity index (χ2v) is 9.11. The molecule has 1 rings (SSSR count). The molecule has 1 atom stereocenters. The van der Waals surface area contributed by atoms with Crippen LogP contribution >= 0.6 is 0 Å². The maximum atomic E-state index is 12.6. The smallest absolute Gasteiger partial charge is 0.324 e. The first-order valence-corrected chi connectivity index (χ1v) is 10.4. The van der Waals surface area contributed by atoms with E-state index in [0.717, 1.165) is 11.1 Å². The summed E-state index contributed by atoms with van der Waals surface area (Å²) < 4.78 is 32.7. The number of benzene rings is 1. The van der Waals surface area contributed by atoms with Crippen molar-refractivity contribution in [3.05, 3.63) is 29.3 Å². The number of amides is 1. The van der Waals surface area contributed by atoms with Crippen molar-refractivity contribution in [3.8, 4) is 0 Å². The normalized spacial score (nSPS) is 12.9. The predicted octanol–water partition coefficient (Wildman–Crippen LogP) is 1.92. The Bertz CT molecular complexity index is 772. The lowest BCUT2D eigenvalue weighted by Gasteiger charge is -2.21. The van der Waals surface area contributed by atoms with E-state index < -0.39 is 34.5 Å². The molecule has 0 aliphatic carbocycles. The molecule has 0 radical (unpaired) electrons. The number of hydrogen-bond acceptors (Lipinski definition) is 5. The SMILES string of the molecule is Cc1ccc(S(=O)(=O)N[C@H](C(=O)OCC(=O)NCC(C)C)C(C)C)cc1C. The molecule has 1 aromatic carbocycles. The van der Waals surface area contributed by atoms with E-state index in [1.165, 1.54) is 6.07 Å². The summed E-state index contributed by atoms with van der Waals surface area (Å²) in [5.74, 6) is -1.27. The van der Waals surface area contributed by atoms with Gasteiger partial charge in [0.1, 0.15) is 6.04 Å². The quantitative estimate of drug-likeness (QED) is 0.619. The second-order valence-electron chi connectivity index (χ2n) is 7.39. The molecule has 27 heavy (non-hydrogen) atoms. The number of carbonyl (C=O) groups excluding carboxylic acids is 2. The molecule has 0 bridgehead atoms. The first-order valence-electron chi connectivity index (χ1n) is 8.97. The molecule has 0 aliphatic heterocycles. The van der Waals surface area contributed by atoms with Crippen LogP contribution in [0.15, 0.2) is 23.1 Å². The second kappa shape index (κ2) is 9.85. The number of hydrogen-bond donors (Lipinski definition) is 2. The molecule has 1 aromatic rings. The molecule has 1 amide bonds. The molecular formula is C19H30N2O5S. The van der Waals surface area contributed by atoms with Crippen molar-refractivity contribution < 1.29 is 22.7 Å². The van der Waals surface area contributed by atoms with Crippen molar-refractivity contribution in [2.75, 3.05) is 13.2 Å². The lowest BCUT2D eigenvalue weighted by Crippen LogP contribution is -2.46. The number of carbonyl (C=O) groups is 2. The van der Waals surface area contributed by atoms with Crippen LogP contribution in [-0.2, 0) is 24.3 Å². The average molecular weight is 399 g/mol. The molecular weight excluding hydrogens is 368 g/mol. The van der Waals surface area contributed by atoms with Gasteiger partial charge in [0.2, 0.25) is 10.0 Å². The van der Waals surface area contributed by atoms with Crippen LogP contribution in [0.2, 0.25) is 0 Å². The van der Waals surface area contributed by atoms with E-state index >= 15 is 0 Å². The average Bonchev–Trinajstić information content (AvgIpc) is 2.57. The van der Waals surface area contributed by atoms with Crippen LogP contribution in [0.25, 0.3) is 0 Å². The fourth-order valence-electron chi connectivity index (χ4n) is 2.17. The third kappa shape index (κ3) is 7.30. The molecule has 0 unspecified atom stereocenters. The summed E-state index contributed by atoms with van der Waals surface area (Å²) in [5.41, 5.74) is 1.81. The summed E-state index contributed by atoms with van der Waals surface area (Å²) in [6.45, 7) is 11.0. The van der Waals surface area contributed by atoms with Gasteiger partial charge in [-0.1, -0.05) is 33.8 Å². The zero-order valence-electron chi connectivity index (χ0n) is 16.8. The molecule has 2 N–H and O–H groups in total. The van der Waals surface area contributed by atoms with E-state index in [9.17, 15) is 18.0 Å². The first kappa shape index (κ1) is 23.1. The van der Waals surface area contributed by atoms with Gasteiger partial charge in [0.15, 0.2) is 6.61 Å². The zero-order valence-corrected chi connectivity index (χ0v) is 17.6. The number of ether oxygens (including phenoxy) is 1. The van der Waals surface area contributed by atoms with E-state index in [4.69, 9.17) is 4.74 Å². The summed E-state index contributed by atoms with van der Waals surface area (Å²) in [5, 5.41) is 2.64. The number of rotatable bonds is 9.